The Balaban J connectivity index is 1.49. The number of amides is 1. The fraction of sp³-hybridized carbons (Fsp3) is 0.318. The van der Waals surface area contributed by atoms with Crippen molar-refractivity contribution < 1.29 is 9.53 Å². The molecule has 3 aromatic rings. The van der Waals surface area contributed by atoms with Crippen molar-refractivity contribution in [2.45, 2.75) is 31.3 Å². The number of carbonyl (C=O) groups excluding carboxylic acids is 1. The molecular weight excluding hydrogens is 455 g/mol. The average molecular weight is 479 g/mol. The summed E-state index contributed by atoms with van der Waals surface area (Å²) in [5.74, 6) is 1.85. The molecule has 1 N–H and O–H groups in total. The molecule has 0 fully saturated rings. The summed E-state index contributed by atoms with van der Waals surface area (Å²) in [6.45, 7) is 2.05. The molecule has 3 rings (SSSR count). The van der Waals surface area contributed by atoms with Crippen LogP contribution in [-0.4, -0.2) is 33.5 Å². The molecule has 0 unspecified atom stereocenters. The van der Waals surface area contributed by atoms with E-state index in [1.165, 1.54) is 17.3 Å². The van der Waals surface area contributed by atoms with Crippen molar-refractivity contribution in [1.29, 1.82) is 0 Å². The highest BCUT2D eigenvalue weighted by Gasteiger charge is 2.12. The number of thioether (sulfide) groups is 1. The van der Waals surface area contributed by atoms with Gasteiger partial charge >= 0.3 is 0 Å². The first-order valence-electron chi connectivity index (χ1n) is 9.76. The zero-order valence-corrected chi connectivity index (χ0v) is 19.9. The number of ether oxygens (including phenoxy) is 1. The zero-order chi connectivity index (χ0) is 22.4. The standard InChI is InChI=1S/C22H24Cl2N4O2S/c1-14-9-15(7-8-19(14)30-3)5-4-6-20-26-27-22(28(20)2)31-13-21(29)25-18-11-16(23)10-17(24)12-18/h7-12H,4-6,13H2,1-3H3,(H,25,29). The smallest absolute Gasteiger partial charge is 0.234 e. The minimum absolute atomic E-state index is 0.164. The Kier molecular flexibility index (Phi) is 8.23. The van der Waals surface area contributed by atoms with Gasteiger partial charge in [0, 0.05) is 29.2 Å². The van der Waals surface area contributed by atoms with Crippen LogP contribution < -0.4 is 10.1 Å². The maximum Gasteiger partial charge on any atom is 0.234 e. The number of aryl methyl sites for hydroxylation is 3. The van der Waals surface area contributed by atoms with Gasteiger partial charge in [0.05, 0.1) is 12.9 Å². The van der Waals surface area contributed by atoms with Crippen LogP contribution in [0.1, 0.15) is 23.4 Å². The van der Waals surface area contributed by atoms with Gasteiger partial charge in [0.15, 0.2) is 5.16 Å². The number of anilines is 1. The highest BCUT2D eigenvalue weighted by molar-refractivity contribution is 7.99. The van der Waals surface area contributed by atoms with Gasteiger partial charge in [0.25, 0.3) is 0 Å². The third kappa shape index (κ3) is 6.63. The Bertz CT molecular complexity index is 1050. The van der Waals surface area contributed by atoms with E-state index in [1.54, 1.807) is 25.3 Å². The average Bonchev–Trinajstić information content (AvgIpc) is 3.05. The number of hydrogen-bond donors (Lipinski definition) is 1. The molecule has 0 aliphatic heterocycles. The first-order chi connectivity index (χ1) is 14.9. The van der Waals surface area contributed by atoms with E-state index >= 15 is 0 Å². The molecule has 1 aromatic heterocycles. The van der Waals surface area contributed by atoms with Gasteiger partial charge in [-0.2, -0.15) is 0 Å². The lowest BCUT2D eigenvalue weighted by atomic mass is 10.0. The molecule has 0 aliphatic carbocycles. The fourth-order valence-electron chi connectivity index (χ4n) is 3.19. The van der Waals surface area contributed by atoms with Gasteiger partial charge in [0.1, 0.15) is 11.6 Å². The second-order valence-corrected chi connectivity index (χ2v) is 8.93. The highest BCUT2D eigenvalue weighted by atomic mass is 35.5. The molecule has 1 amide bonds. The van der Waals surface area contributed by atoms with Gasteiger partial charge in [-0.15, -0.1) is 10.2 Å². The van der Waals surface area contributed by atoms with Crippen molar-refractivity contribution in [3.05, 3.63) is 63.4 Å². The first-order valence-corrected chi connectivity index (χ1v) is 11.5. The Morgan fingerprint density at radius 2 is 1.87 bits per heavy atom. The number of halogens is 2. The second kappa shape index (κ2) is 10.9. The summed E-state index contributed by atoms with van der Waals surface area (Å²) >= 11 is 13.3. The summed E-state index contributed by atoms with van der Waals surface area (Å²) in [6, 6.07) is 11.2. The monoisotopic (exact) mass is 478 g/mol. The van der Waals surface area contributed by atoms with Crippen molar-refractivity contribution in [2.24, 2.45) is 7.05 Å². The predicted octanol–water partition coefficient (Wildman–Crippen LogP) is 5.35. The number of nitrogens with one attached hydrogen (secondary N) is 1. The molecule has 6 nitrogen and oxygen atoms in total. The number of rotatable bonds is 9. The van der Waals surface area contributed by atoms with E-state index in [0.717, 1.165) is 36.4 Å². The van der Waals surface area contributed by atoms with Gasteiger partial charge in [-0.1, -0.05) is 47.1 Å². The quantitative estimate of drug-likeness (QED) is 0.420. The van der Waals surface area contributed by atoms with Crippen molar-refractivity contribution in [1.82, 2.24) is 14.8 Å². The molecule has 164 valence electrons. The van der Waals surface area contributed by atoms with E-state index in [-0.39, 0.29) is 11.7 Å². The molecular formula is C22H24Cl2N4O2S. The van der Waals surface area contributed by atoms with Crippen LogP contribution in [0.4, 0.5) is 5.69 Å². The van der Waals surface area contributed by atoms with Gasteiger partial charge in [-0.25, -0.2) is 0 Å². The molecule has 9 heteroatoms. The number of methoxy groups -OCH3 is 1. The molecule has 2 aromatic carbocycles. The van der Waals surface area contributed by atoms with E-state index in [1.807, 2.05) is 24.6 Å². The molecule has 0 saturated carbocycles. The fourth-order valence-corrected chi connectivity index (χ4v) is 4.44. The summed E-state index contributed by atoms with van der Waals surface area (Å²) < 4.78 is 7.25. The molecule has 0 bridgehead atoms. The first kappa shape index (κ1) is 23.4. The largest absolute Gasteiger partial charge is 0.496 e. The predicted molar refractivity (Wildman–Crippen MR) is 127 cm³/mol. The Hall–Kier alpha value is -2.22. The van der Waals surface area contributed by atoms with Crippen molar-refractivity contribution in [3.63, 3.8) is 0 Å². The Labute approximate surface area is 196 Å². The molecule has 0 saturated heterocycles. The Morgan fingerprint density at radius 3 is 2.55 bits per heavy atom. The molecule has 0 atom stereocenters. The van der Waals surface area contributed by atoms with Crippen LogP contribution in [0.5, 0.6) is 5.75 Å². The summed E-state index contributed by atoms with van der Waals surface area (Å²) in [5, 5.41) is 12.9. The number of benzene rings is 2. The molecule has 31 heavy (non-hydrogen) atoms. The SMILES string of the molecule is COc1ccc(CCCc2nnc(SCC(=O)Nc3cc(Cl)cc(Cl)c3)n2C)cc1C. The Morgan fingerprint density at radius 1 is 1.13 bits per heavy atom. The van der Waals surface area contributed by atoms with E-state index < -0.39 is 0 Å². The summed E-state index contributed by atoms with van der Waals surface area (Å²) in [7, 11) is 3.60. The van der Waals surface area contributed by atoms with E-state index in [9.17, 15) is 4.79 Å². The lowest BCUT2D eigenvalue weighted by Crippen LogP contribution is -2.14. The summed E-state index contributed by atoms with van der Waals surface area (Å²) in [6.07, 6.45) is 2.71. The van der Waals surface area contributed by atoms with Crippen LogP contribution >= 0.6 is 35.0 Å². The van der Waals surface area contributed by atoms with Crippen molar-refractivity contribution >= 4 is 46.6 Å². The zero-order valence-electron chi connectivity index (χ0n) is 17.6. The number of hydrogen-bond acceptors (Lipinski definition) is 5. The minimum atomic E-state index is -0.164. The maximum absolute atomic E-state index is 12.2. The van der Waals surface area contributed by atoms with Crippen LogP contribution in [0.2, 0.25) is 10.0 Å². The van der Waals surface area contributed by atoms with Gasteiger partial charge in [-0.3, -0.25) is 4.79 Å². The van der Waals surface area contributed by atoms with E-state index in [4.69, 9.17) is 27.9 Å². The highest BCUT2D eigenvalue weighted by Crippen LogP contribution is 2.24. The number of carbonyl (C=O) groups is 1. The summed E-state index contributed by atoms with van der Waals surface area (Å²) in [5.41, 5.74) is 2.97. The molecule has 0 spiro atoms. The third-order valence-electron chi connectivity index (χ3n) is 4.73. The third-order valence-corrected chi connectivity index (χ3v) is 6.19. The number of nitrogens with zero attached hydrogens (tertiary/aromatic N) is 3. The number of aromatic nitrogens is 3. The molecule has 0 aliphatic rings. The van der Waals surface area contributed by atoms with Crippen LogP contribution in [0.15, 0.2) is 41.6 Å². The summed E-state index contributed by atoms with van der Waals surface area (Å²) in [4.78, 5) is 12.2. The van der Waals surface area contributed by atoms with Crippen LogP contribution in [-0.2, 0) is 24.7 Å². The van der Waals surface area contributed by atoms with Gasteiger partial charge < -0.3 is 14.6 Å². The van der Waals surface area contributed by atoms with Crippen LogP contribution in [0, 0.1) is 6.92 Å². The lowest BCUT2D eigenvalue weighted by molar-refractivity contribution is -0.113. The van der Waals surface area contributed by atoms with Gasteiger partial charge in [0.2, 0.25) is 5.91 Å². The minimum Gasteiger partial charge on any atom is -0.496 e. The second-order valence-electron chi connectivity index (χ2n) is 7.11. The van der Waals surface area contributed by atoms with Crippen LogP contribution in [0.25, 0.3) is 0 Å². The molecule has 1 heterocycles. The van der Waals surface area contributed by atoms with Crippen molar-refractivity contribution in [3.8, 4) is 5.75 Å². The molecule has 0 radical (unpaired) electrons. The van der Waals surface area contributed by atoms with E-state index in [0.29, 0.717) is 20.9 Å². The normalized spacial score (nSPS) is 10.9. The topological polar surface area (TPSA) is 69.0 Å². The lowest BCUT2D eigenvalue weighted by Gasteiger charge is -2.08. The maximum atomic E-state index is 12.2. The van der Waals surface area contributed by atoms with Gasteiger partial charge in [-0.05, 0) is 55.2 Å². The van der Waals surface area contributed by atoms with Crippen molar-refractivity contribution in [2.75, 3.05) is 18.2 Å². The van der Waals surface area contributed by atoms with Crippen LogP contribution in [0.3, 0.4) is 0 Å². The van der Waals surface area contributed by atoms with E-state index in [2.05, 4.69) is 27.6 Å².